The van der Waals surface area contributed by atoms with Crippen LogP contribution in [-0.4, -0.2) is 45.3 Å². The van der Waals surface area contributed by atoms with Gasteiger partial charge in [-0.3, -0.25) is 4.79 Å². The van der Waals surface area contributed by atoms with E-state index in [1.54, 1.807) is 37.5 Å². The lowest BCUT2D eigenvalue weighted by molar-refractivity contribution is -0.130. The van der Waals surface area contributed by atoms with E-state index >= 15 is 0 Å². The lowest BCUT2D eigenvalue weighted by atomic mass is 9.78. The van der Waals surface area contributed by atoms with Crippen LogP contribution in [0, 0.1) is 5.41 Å². The molecule has 1 aliphatic rings. The summed E-state index contributed by atoms with van der Waals surface area (Å²) < 4.78 is 5.29. The SMILES string of the molecule is C=CCNC(=O)Nc1ccc(NC(=O)C2(COC)CCNCC2)cc1. The van der Waals surface area contributed by atoms with E-state index in [-0.39, 0.29) is 11.9 Å². The van der Waals surface area contributed by atoms with E-state index in [2.05, 4.69) is 27.8 Å². The topological polar surface area (TPSA) is 91.5 Å². The maximum atomic E-state index is 12.8. The molecule has 2 rings (SSSR count). The van der Waals surface area contributed by atoms with Crippen molar-refractivity contribution in [2.75, 3.05) is 44.0 Å². The number of ether oxygens (including phenoxy) is 1. The number of amides is 3. The van der Waals surface area contributed by atoms with Gasteiger partial charge in [-0.1, -0.05) is 6.08 Å². The molecule has 0 bridgehead atoms. The molecular formula is C18H26N4O3. The molecule has 3 amide bonds. The van der Waals surface area contributed by atoms with Gasteiger partial charge in [-0.15, -0.1) is 6.58 Å². The number of anilines is 2. The molecule has 136 valence electrons. The Morgan fingerprint density at radius 1 is 1.20 bits per heavy atom. The van der Waals surface area contributed by atoms with Gasteiger partial charge in [-0.05, 0) is 50.2 Å². The Morgan fingerprint density at radius 3 is 2.36 bits per heavy atom. The smallest absolute Gasteiger partial charge is 0.319 e. The van der Waals surface area contributed by atoms with Gasteiger partial charge in [0.15, 0.2) is 0 Å². The molecule has 1 heterocycles. The van der Waals surface area contributed by atoms with Gasteiger partial charge in [0.25, 0.3) is 0 Å². The fourth-order valence-electron chi connectivity index (χ4n) is 2.86. The molecule has 1 aliphatic heterocycles. The highest BCUT2D eigenvalue weighted by atomic mass is 16.5. The number of methoxy groups -OCH3 is 1. The third-order valence-corrected chi connectivity index (χ3v) is 4.27. The zero-order chi connectivity index (χ0) is 18.1. The first kappa shape index (κ1) is 19.0. The van der Waals surface area contributed by atoms with Crippen LogP contribution in [0.4, 0.5) is 16.2 Å². The molecule has 0 aromatic heterocycles. The number of urea groups is 1. The standard InChI is InChI=1S/C18H26N4O3/c1-3-10-20-17(24)22-15-6-4-14(5-7-15)21-16(23)18(13-25-2)8-11-19-12-9-18/h3-7,19H,1,8-13H2,2H3,(H,21,23)(H2,20,22,24). The van der Waals surface area contributed by atoms with Crippen LogP contribution in [0.15, 0.2) is 36.9 Å². The Kier molecular flexibility index (Phi) is 6.97. The molecule has 4 N–H and O–H groups in total. The number of rotatable bonds is 7. The molecule has 0 unspecified atom stereocenters. The van der Waals surface area contributed by atoms with Crippen LogP contribution in [0.3, 0.4) is 0 Å². The van der Waals surface area contributed by atoms with Gasteiger partial charge in [-0.2, -0.15) is 0 Å². The number of carbonyl (C=O) groups excluding carboxylic acids is 2. The van der Waals surface area contributed by atoms with Crippen molar-refractivity contribution >= 4 is 23.3 Å². The Hall–Kier alpha value is -2.38. The van der Waals surface area contributed by atoms with Crippen molar-refractivity contribution in [3.8, 4) is 0 Å². The fourth-order valence-corrected chi connectivity index (χ4v) is 2.86. The minimum Gasteiger partial charge on any atom is -0.384 e. The van der Waals surface area contributed by atoms with Gasteiger partial charge in [0, 0.05) is 25.0 Å². The van der Waals surface area contributed by atoms with Crippen molar-refractivity contribution in [2.45, 2.75) is 12.8 Å². The average molecular weight is 346 g/mol. The average Bonchev–Trinajstić information content (AvgIpc) is 2.62. The molecule has 0 saturated carbocycles. The molecule has 7 nitrogen and oxygen atoms in total. The highest BCUT2D eigenvalue weighted by Crippen LogP contribution is 2.31. The minimum atomic E-state index is -0.499. The molecule has 0 radical (unpaired) electrons. The predicted octanol–water partition coefficient (Wildman–Crippen LogP) is 1.95. The van der Waals surface area contributed by atoms with Gasteiger partial charge in [0.05, 0.1) is 12.0 Å². The Balaban J connectivity index is 1.96. The molecular weight excluding hydrogens is 320 g/mol. The highest BCUT2D eigenvalue weighted by Gasteiger charge is 2.39. The van der Waals surface area contributed by atoms with Crippen molar-refractivity contribution in [2.24, 2.45) is 5.41 Å². The van der Waals surface area contributed by atoms with Crippen LogP contribution in [-0.2, 0) is 9.53 Å². The molecule has 1 saturated heterocycles. The number of hydrogen-bond acceptors (Lipinski definition) is 4. The van der Waals surface area contributed by atoms with E-state index in [1.165, 1.54) is 0 Å². The molecule has 1 fully saturated rings. The van der Waals surface area contributed by atoms with E-state index in [0.717, 1.165) is 25.9 Å². The van der Waals surface area contributed by atoms with Crippen LogP contribution in [0.1, 0.15) is 12.8 Å². The number of nitrogens with one attached hydrogen (secondary N) is 4. The molecule has 1 aromatic rings. The number of piperidine rings is 1. The third kappa shape index (κ3) is 5.30. The maximum absolute atomic E-state index is 12.8. The zero-order valence-electron chi connectivity index (χ0n) is 14.6. The summed E-state index contributed by atoms with van der Waals surface area (Å²) in [5, 5.41) is 11.6. The Bertz CT molecular complexity index is 589. The largest absolute Gasteiger partial charge is 0.384 e. The van der Waals surface area contributed by atoms with Crippen LogP contribution in [0.25, 0.3) is 0 Å². The maximum Gasteiger partial charge on any atom is 0.319 e. The molecule has 0 atom stereocenters. The second-order valence-electron chi connectivity index (χ2n) is 6.12. The predicted molar refractivity (Wildman–Crippen MR) is 98.7 cm³/mol. The first-order valence-corrected chi connectivity index (χ1v) is 8.36. The summed E-state index contributed by atoms with van der Waals surface area (Å²) in [5.41, 5.74) is 0.839. The molecule has 0 aliphatic carbocycles. The zero-order valence-corrected chi connectivity index (χ0v) is 14.6. The van der Waals surface area contributed by atoms with Gasteiger partial charge in [0.1, 0.15) is 0 Å². The van der Waals surface area contributed by atoms with E-state index in [4.69, 9.17) is 4.74 Å². The summed E-state index contributed by atoms with van der Waals surface area (Å²) in [7, 11) is 1.62. The van der Waals surface area contributed by atoms with Crippen LogP contribution < -0.4 is 21.3 Å². The second-order valence-corrected chi connectivity index (χ2v) is 6.12. The first-order valence-electron chi connectivity index (χ1n) is 8.36. The molecule has 25 heavy (non-hydrogen) atoms. The first-order chi connectivity index (χ1) is 12.1. The number of hydrogen-bond donors (Lipinski definition) is 4. The van der Waals surface area contributed by atoms with E-state index < -0.39 is 5.41 Å². The van der Waals surface area contributed by atoms with Crippen LogP contribution >= 0.6 is 0 Å². The van der Waals surface area contributed by atoms with Crippen molar-refractivity contribution < 1.29 is 14.3 Å². The summed E-state index contributed by atoms with van der Waals surface area (Å²) in [6.45, 7) is 5.96. The highest BCUT2D eigenvalue weighted by molar-refractivity contribution is 5.96. The normalized spacial score (nSPS) is 15.9. The van der Waals surface area contributed by atoms with Crippen LogP contribution in [0.5, 0.6) is 0 Å². The van der Waals surface area contributed by atoms with Crippen LogP contribution in [0.2, 0.25) is 0 Å². The molecule has 1 aromatic carbocycles. The lowest BCUT2D eigenvalue weighted by Crippen LogP contribution is -2.47. The Labute approximate surface area is 148 Å². The second kappa shape index (κ2) is 9.19. The fraction of sp³-hybridized carbons (Fsp3) is 0.444. The molecule has 7 heteroatoms. The van der Waals surface area contributed by atoms with Gasteiger partial charge in [-0.25, -0.2) is 4.79 Å². The quantitative estimate of drug-likeness (QED) is 0.568. The summed E-state index contributed by atoms with van der Waals surface area (Å²) in [6, 6.07) is 6.72. The van der Waals surface area contributed by atoms with Gasteiger partial charge < -0.3 is 26.0 Å². The Morgan fingerprint density at radius 2 is 1.80 bits per heavy atom. The minimum absolute atomic E-state index is 0.0275. The van der Waals surface area contributed by atoms with Gasteiger partial charge >= 0.3 is 6.03 Å². The van der Waals surface area contributed by atoms with Crippen molar-refractivity contribution in [3.05, 3.63) is 36.9 Å². The monoisotopic (exact) mass is 346 g/mol. The van der Waals surface area contributed by atoms with Crippen molar-refractivity contribution in [1.82, 2.24) is 10.6 Å². The lowest BCUT2D eigenvalue weighted by Gasteiger charge is -2.35. The van der Waals surface area contributed by atoms with E-state index in [0.29, 0.717) is 24.5 Å². The summed E-state index contributed by atoms with van der Waals surface area (Å²) in [6.07, 6.45) is 3.10. The number of carbonyl (C=O) groups is 2. The summed E-state index contributed by atoms with van der Waals surface area (Å²) >= 11 is 0. The summed E-state index contributed by atoms with van der Waals surface area (Å²) in [5.74, 6) is -0.0275. The van der Waals surface area contributed by atoms with Crippen molar-refractivity contribution in [3.63, 3.8) is 0 Å². The number of benzene rings is 1. The van der Waals surface area contributed by atoms with Crippen molar-refractivity contribution in [1.29, 1.82) is 0 Å². The van der Waals surface area contributed by atoms with E-state index in [9.17, 15) is 9.59 Å². The third-order valence-electron chi connectivity index (χ3n) is 4.27. The molecule has 0 spiro atoms. The van der Waals surface area contributed by atoms with E-state index in [1.807, 2.05) is 0 Å². The van der Waals surface area contributed by atoms with Gasteiger partial charge in [0.2, 0.25) is 5.91 Å². The summed E-state index contributed by atoms with van der Waals surface area (Å²) in [4.78, 5) is 24.3.